The first kappa shape index (κ1) is 7.46. The molecule has 0 aliphatic carbocycles. The number of aromatic nitrogens is 1. The van der Waals surface area contributed by atoms with Gasteiger partial charge in [-0.3, -0.25) is 4.79 Å². The average Bonchev–Trinajstić information content (AvgIpc) is 1.88. The number of pyridine rings is 1. The van der Waals surface area contributed by atoms with Crippen LogP contribution in [0.5, 0.6) is 0 Å². The predicted molar refractivity (Wildman–Crippen MR) is 45.5 cm³/mol. The van der Waals surface area contributed by atoms with Crippen molar-refractivity contribution in [2.24, 2.45) is 5.73 Å². The lowest BCUT2D eigenvalue weighted by Gasteiger charge is -1.91. The van der Waals surface area contributed by atoms with Crippen LogP contribution in [0.3, 0.4) is 0 Å². The molecular weight excluding hydrogens is 243 g/mol. The number of carbonyl (C=O) groups excluding carboxylic acids is 1. The molecule has 0 saturated heterocycles. The quantitative estimate of drug-likeness (QED) is 0.747. The summed E-state index contributed by atoms with van der Waals surface area (Å²) >= 11 is 2.11. The molecule has 3 nitrogen and oxygen atoms in total. The van der Waals surface area contributed by atoms with Crippen LogP contribution >= 0.6 is 22.6 Å². The van der Waals surface area contributed by atoms with Gasteiger partial charge in [-0.05, 0) is 34.7 Å². The summed E-state index contributed by atoms with van der Waals surface area (Å²) in [5, 5.41) is 0. The van der Waals surface area contributed by atoms with E-state index >= 15 is 0 Å². The minimum absolute atomic E-state index is 0.306. The maximum Gasteiger partial charge on any atom is 0.267 e. The van der Waals surface area contributed by atoms with Gasteiger partial charge in [0.2, 0.25) is 0 Å². The fraction of sp³-hybridized carbons (Fsp3) is 0. The van der Waals surface area contributed by atoms with Gasteiger partial charge in [-0.1, -0.05) is 0 Å². The molecule has 52 valence electrons. The molecule has 1 rings (SSSR count). The normalized spacial score (nSPS) is 9.30. The van der Waals surface area contributed by atoms with Crippen molar-refractivity contribution in [3.05, 3.63) is 27.6 Å². The molecule has 1 amide bonds. The van der Waals surface area contributed by atoms with Crippen molar-refractivity contribution in [1.82, 2.24) is 4.98 Å². The summed E-state index contributed by atoms with van der Waals surface area (Å²) in [7, 11) is 0. The highest BCUT2D eigenvalue weighted by Gasteiger charge is 1.98. The zero-order valence-corrected chi connectivity index (χ0v) is 7.20. The maximum absolute atomic E-state index is 10.5. The van der Waals surface area contributed by atoms with E-state index in [9.17, 15) is 4.79 Å². The Kier molecular flexibility index (Phi) is 2.21. The number of halogens is 1. The molecular formula is C6H5IN2O. The zero-order valence-electron chi connectivity index (χ0n) is 5.04. The zero-order chi connectivity index (χ0) is 7.56. The van der Waals surface area contributed by atoms with Crippen molar-refractivity contribution in [3.8, 4) is 0 Å². The van der Waals surface area contributed by atoms with E-state index in [4.69, 9.17) is 5.73 Å². The van der Waals surface area contributed by atoms with Crippen molar-refractivity contribution in [3.63, 3.8) is 0 Å². The number of hydrogen-bond donors (Lipinski definition) is 1. The van der Waals surface area contributed by atoms with Crippen LogP contribution in [0.25, 0.3) is 0 Å². The van der Waals surface area contributed by atoms with Gasteiger partial charge in [0.1, 0.15) is 5.69 Å². The molecule has 0 spiro atoms. The lowest BCUT2D eigenvalue weighted by atomic mass is 10.3. The minimum atomic E-state index is -0.489. The molecule has 0 radical (unpaired) electrons. The molecule has 2 N–H and O–H groups in total. The lowest BCUT2D eigenvalue weighted by Crippen LogP contribution is -2.12. The summed E-state index contributed by atoms with van der Waals surface area (Å²) in [6, 6.07) is 3.39. The lowest BCUT2D eigenvalue weighted by molar-refractivity contribution is 0.0995. The van der Waals surface area contributed by atoms with Crippen LogP contribution < -0.4 is 5.73 Å². The standard InChI is InChI=1S/C6H5IN2O/c7-4-1-2-5(6(8)10)9-3-4/h1-3H,(H2,8,10). The third-order valence-corrected chi connectivity index (χ3v) is 1.62. The summed E-state index contributed by atoms with van der Waals surface area (Å²) in [5.41, 5.74) is 5.27. The van der Waals surface area contributed by atoms with Crippen molar-refractivity contribution in [1.29, 1.82) is 0 Å². The Morgan fingerprint density at radius 1 is 1.60 bits per heavy atom. The highest BCUT2D eigenvalue weighted by molar-refractivity contribution is 14.1. The van der Waals surface area contributed by atoms with E-state index in [-0.39, 0.29) is 0 Å². The smallest absolute Gasteiger partial charge is 0.267 e. The number of rotatable bonds is 1. The fourth-order valence-corrected chi connectivity index (χ4v) is 0.841. The van der Waals surface area contributed by atoms with E-state index in [2.05, 4.69) is 27.6 Å². The van der Waals surface area contributed by atoms with Gasteiger partial charge in [0.05, 0.1) is 0 Å². The molecule has 0 saturated carbocycles. The molecule has 0 bridgehead atoms. The second-order valence-electron chi connectivity index (χ2n) is 1.73. The van der Waals surface area contributed by atoms with E-state index in [0.717, 1.165) is 3.57 Å². The van der Waals surface area contributed by atoms with Crippen LogP contribution in [0.15, 0.2) is 18.3 Å². The molecule has 10 heavy (non-hydrogen) atoms. The summed E-state index contributed by atoms with van der Waals surface area (Å²) in [5.74, 6) is -0.489. The highest BCUT2D eigenvalue weighted by Crippen LogP contribution is 2.01. The third kappa shape index (κ3) is 1.66. The van der Waals surface area contributed by atoms with Crippen LogP contribution in [0, 0.1) is 3.57 Å². The Morgan fingerprint density at radius 3 is 2.70 bits per heavy atom. The number of nitrogens with two attached hydrogens (primary N) is 1. The topological polar surface area (TPSA) is 56.0 Å². The molecule has 0 atom stereocenters. The Hall–Kier alpha value is -0.650. The van der Waals surface area contributed by atoms with Gasteiger partial charge in [-0.2, -0.15) is 0 Å². The average molecular weight is 248 g/mol. The van der Waals surface area contributed by atoms with Gasteiger partial charge in [-0.25, -0.2) is 4.98 Å². The number of nitrogens with zero attached hydrogens (tertiary/aromatic N) is 1. The monoisotopic (exact) mass is 248 g/mol. The van der Waals surface area contributed by atoms with E-state index in [1.807, 2.05) is 0 Å². The molecule has 0 fully saturated rings. The van der Waals surface area contributed by atoms with Gasteiger partial charge in [0.25, 0.3) is 5.91 Å². The molecule has 0 aliphatic heterocycles. The van der Waals surface area contributed by atoms with E-state index < -0.39 is 5.91 Å². The first-order valence-electron chi connectivity index (χ1n) is 2.61. The van der Waals surface area contributed by atoms with E-state index in [1.54, 1.807) is 18.3 Å². The molecule has 1 aromatic heterocycles. The first-order chi connectivity index (χ1) is 4.70. The van der Waals surface area contributed by atoms with E-state index in [0.29, 0.717) is 5.69 Å². The second kappa shape index (κ2) is 2.96. The molecule has 4 heteroatoms. The Balaban J connectivity index is 3.00. The summed E-state index contributed by atoms with van der Waals surface area (Å²) in [6.07, 6.45) is 1.60. The Labute approximate surface area is 71.8 Å². The van der Waals surface area contributed by atoms with Gasteiger partial charge >= 0.3 is 0 Å². The second-order valence-corrected chi connectivity index (χ2v) is 2.97. The van der Waals surface area contributed by atoms with Gasteiger partial charge < -0.3 is 5.73 Å². The van der Waals surface area contributed by atoms with Gasteiger partial charge in [0, 0.05) is 9.77 Å². The highest BCUT2D eigenvalue weighted by atomic mass is 127. The molecule has 0 aromatic carbocycles. The number of hydrogen-bond acceptors (Lipinski definition) is 2. The van der Waals surface area contributed by atoms with Crippen LogP contribution in [0.4, 0.5) is 0 Å². The van der Waals surface area contributed by atoms with Crippen LogP contribution in [0.2, 0.25) is 0 Å². The van der Waals surface area contributed by atoms with Crippen LogP contribution in [-0.4, -0.2) is 10.9 Å². The SMILES string of the molecule is NC(=O)c1ccc(I)cn1. The van der Waals surface area contributed by atoms with Crippen LogP contribution in [0.1, 0.15) is 10.5 Å². The van der Waals surface area contributed by atoms with Crippen molar-refractivity contribution >= 4 is 28.5 Å². The molecule has 0 unspecified atom stereocenters. The first-order valence-corrected chi connectivity index (χ1v) is 3.69. The fourth-order valence-electron chi connectivity index (χ4n) is 0.522. The van der Waals surface area contributed by atoms with E-state index in [1.165, 1.54) is 0 Å². The predicted octanol–water partition coefficient (Wildman–Crippen LogP) is 0.785. The minimum Gasteiger partial charge on any atom is -0.364 e. The number of primary amides is 1. The van der Waals surface area contributed by atoms with Gasteiger partial charge in [-0.15, -0.1) is 0 Å². The molecule has 1 aromatic rings. The van der Waals surface area contributed by atoms with Crippen molar-refractivity contribution < 1.29 is 4.79 Å². The Morgan fingerprint density at radius 2 is 2.30 bits per heavy atom. The number of amides is 1. The largest absolute Gasteiger partial charge is 0.364 e. The van der Waals surface area contributed by atoms with Crippen molar-refractivity contribution in [2.45, 2.75) is 0 Å². The third-order valence-electron chi connectivity index (χ3n) is 0.980. The van der Waals surface area contributed by atoms with Gasteiger partial charge in [0.15, 0.2) is 0 Å². The summed E-state index contributed by atoms with van der Waals surface area (Å²) in [6.45, 7) is 0. The van der Waals surface area contributed by atoms with Crippen LogP contribution in [-0.2, 0) is 0 Å². The maximum atomic E-state index is 10.5. The molecule has 1 heterocycles. The number of carbonyl (C=O) groups is 1. The molecule has 0 aliphatic rings. The Bertz CT molecular complexity index is 244. The summed E-state index contributed by atoms with van der Waals surface area (Å²) in [4.78, 5) is 14.3. The summed E-state index contributed by atoms with van der Waals surface area (Å²) < 4.78 is 0.989. The van der Waals surface area contributed by atoms with Crippen molar-refractivity contribution in [2.75, 3.05) is 0 Å².